The summed E-state index contributed by atoms with van der Waals surface area (Å²) in [5.74, 6) is 0.398. The number of phenolic OH excluding ortho intramolecular Hbond substituents is 1. The molecule has 0 aliphatic carbocycles. The van der Waals surface area contributed by atoms with Crippen LogP contribution in [-0.4, -0.2) is 19.6 Å². The van der Waals surface area contributed by atoms with E-state index in [9.17, 15) is 7.85 Å². The van der Waals surface area contributed by atoms with Gasteiger partial charge in [0, 0.05) is 60.5 Å². The Morgan fingerprint density at radius 2 is 1.15 bits per heavy atom. The first-order chi connectivity index (χ1) is 40.8. The molecule has 5 heteroatoms. The minimum Gasteiger partial charge on any atom is -0.507 e. The van der Waals surface area contributed by atoms with Crippen LogP contribution in [0.3, 0.4) is 0 Å². The molecule has 0 unspecified atom stereocenters. The van der Waals surface area contributed by atoms with Gasteiger partial charge < -0.3 is 5.11 Å². The first kappa shape index (κ1) is 36.6. The van der Waals surface area contributed by atoms with Crippen molar-refractivity contribution < 1.29 is 48.1 Å². The minimum atomic E-state index is -3.84. The molecule has 382 valence electrons. The number of aromatic nitrogens is 3. The maximum absolute atomic E-state index is 12.9. The van der Waals surface area contributed by atoms with Gasteiger partial charge in [0.25, 0.3) is 0 Å². The van der Waals surface area contributed by atoms with Gasteiger partial charge in [-0.15, -0.1) is 29.3 Å². The SMILES string of the molecule is [2H]c1c([2H])c(C(C([2H])([2H])[2H])(C([2H])([2H])[2H])C([2H])([2H])[2H])c([2H])c([2H])c1-c1ccnc(-c2[c-]c(-c3cccc4c3nc(-c3cc(C(C)(C)C)cc(C(C)(C)C)c3O)n4-c3cc(-c4ccccc4)c(C([2H])([2H])[2H])cc3-c3ccc(C(C)(C)C)cc3)cc(C(C)(C)C)c2)c1.[Pt]. The molecule has 9 rings (SSSR count). The van der Waals surface area contributed by atoms with Crippen molar-refractivity contribution in [1.82, 2.24) is 14.5 Å². The van der Waals surface area contributed by atoms with Gasteiger partial charge in [-0.25, -0.2) is 4.98 Å². The number of benzene rings is 7. The van der Waals surface area contributed by atoms with Crippen molar-refractivity contribution in [3.63, 3.8) is 0 Å². The van der Waals surface area contributed by atoms with Gasteiger partial charge in [0.2, 0.25) is 0 Å². The van der Waals surface area contributed by atoms with Crippen LogP contribution in [0.25, 0.3) is 83.9 Å². The maximum Gasteiger partial charge on any atom is 0.148 e. The third-order valence-electron chi connectivity index (χ3n) is 13.6. The molecular formula is C69H74N3OPt-. The maximum atomic E-state index is 12.9. The van der Waals surface area contributed by atoms with Gasteiger partial charge in [-0.05, 0) is 114 Å². The van der Waals surface area contributed by atoms with Crippen LogP contribution in [0.2, 0.25) is 0 Å². The zero-order chi connectivity index (χ0) is 66.1. The standard InChI is InChI=1S/C69H74N3O.Pt/c1-43-35-56(46-27-31-51(32-28-46)66(5,6)7)61(42-55(43)45-21-18-17-19-22-45)72-60-24-20-23-54(62(60)71-64(72)57-40-53(68(11,12)13)41-58(63(57)73)69(14,15)16)48-36-49(38-52(37-48)67(8,9)10)59-39-47(33-34-70-59)44-25-29-50(30-26-44)65(2,3)4;/h17-35,37-42,73H,1-16H3;/q-1;/i1D3,2D3,3D3,4D3,25D,26D,29D,30D;. The summed E-state index contributed by atoms with van der Waals surface area (Å²) in [5, 5.41) is 12.9. The number of imidazole rings is 1. The second-order valence-electron chi connectivity index (χ2n) is 23.3. The van der Waals surface area contributed by atoms with Crippen LogP contribution >= 0.6 is 0 Å². The van der Waals surface area contributed by atoms with Crippen molar-refractivity contribution in [1.29, 1.82) is 0 Å². The Hall–Kier alpha value is -6.35. The number of nitrogens with zero attached hydrogens (tertiary/aromatic N) is 3. The largest absolute Gasteiger partial charge is 0.507 e. The van der Waals surface area contributed by atoms with Crippen molar-refractivity contribution in [2.45, 2.75) is 138 Å². The molecule has 0 saturated heterocycles. The number of rotatable bonds is 7. The van der Waals surface area contributed by atoms with E-state index < -0.39 is 78.8 Å². The second-order valence-corrected chi connectivity index (χ2v) is 23.3. The van der Waals surface area contributed by atoms with E-state index in [0.29, 0.717) is 67.1 Å². The number of aromatic hydroxyl groups is 1. The summed E-state index contributed by atoms with van der Waals surface area (Å²) in [6.45, 7) is 10.9. The van der Waals surface area contributed by atoms with E-state index in [1.807, 2.05) is 137 Å². The van der Waals surface area contributed by atoms with E-state index in [2.05, 4.69) is 59.7 Å². The number of fused-ring (bicyclic) bond motifs is 1. The van der Waals surface area contributed by atoms with Crippen LogP contribution in [0.1, 0.15) is 159 Å². The minimum absolute atomic E-state index is 0. The Kier molecular flexibility index (Phi) is 9.75. The smallest absolute Gasteiger partial charge is 0.148 e. The fourth-order valence-electron chi connectivity index (χ4n) is 9.23. The first-order valence-electron chi connectivity index (χ1n) is 32.7. The molecule has 0 fully saturated rings. The molecule has 0 spiro atoms. The van der Waals surface area contributed by atoms with Crippen molar-refractivity contribution in [2.24, 2.45) is 0 Å². The molecule has 0 amide bonds. The fourth-order valence-corrected chi connectivity index (χ4v) is 9.23. The molecule has 0 atom stereocenters. The average Bonchev–Trinajstić information content (AvgIpc) is 0.732. The normalized spacial score (nSPS) is 16.4. The number of phenols is 1. The van der Waals surface area contributed by atoms with E-state index >= 15 is 0 Å². The number of pyridine rings is 1. The first-order valence-corrected chi connectivity index (χ1v) is 24.7. The fraction of sp³-hybridized carbons (Fsp3) is 0.304. The number of hydrogen-bond acceptors (Lipinski definition) is 3. The van der Waals surface area contributed by atoms with E-state index in [-0.39, 0.29) is 54.6 Å². The van der Waals surface area contributed by atoms with Crippen LogP contribution in [0.4, 0.5) is 0 Å². The molecule has 0 saturated carbocycles. The Balaban J connectivity index is 0.0000105. The van der Waals surface area contributed by atoms with Gasteiger partial charge in [-0.3, -0.25) is 9.55 Å². The van der Waals surface area contributed by atoms with Gasteiger partial charge in [0.15, 0.2) is 0 Å². The number of para-hydroxylation sites is 1. The van der Waals surface area contributed by atoms with Crippen molar-refractivity contribution >= 4 is 11.0 Å². The third kappa shape index (κ3) is 10.8. The predicted octanol–water partition coefficient (Wildman–Crippen LogP) is 18.7. The summed E-state index contributed by atoms with van der Waals surface area (Å²) < 4.78 is 140. The molecule has 0 radical (unpaired) electrons. The summed E-state index contributed by atoms with van der Waals surface area (Å²) in [5.41, 5.74) is 3.22. The molecule has 0 bridgehead atoms. The summed E-state index contributed by atoms with van der Waals surface area (Å²) in [6, 6.07) is 37.5. The molecule has 4 nitrogen and oxygen atoms in total. The van der Waals surface area contributed by atoms with E-state index in [0.717, 1.165) is 22.3 Å². The zero-order valence-electron chi connectivity index (χ0n) is 60.2. The summed E-state index contributed by atoms with van der Waals surface area (Å²) in [4.78, 5) is 10.4. The van der Waals surface area contributed by atoms with Gasteiger partial charge in [-0.1, -0.05) is 218 Å². The number of hydrogen-bond donors (Lipinski definition) is 1. The van der Waals surface area contributed by atoms with Crippen LogP contribution in [0.5, 0.6) is 5.75 Å². The van der Waals surface area contributed by atoms with Crippen molar-refractivity contribution in [3.05, 3.63) is 191 Å². The zero-order valence-corrected chi connectivity index (χ0v) is 46.5. The topological polar surface area (TPSA) is 50.9 Å². The Morgan fingerprint density at radius 3 is 1.77 bits per heavy atom. The molecule has 74 heavy (non-hydrogen) atoms. The van der Waals surface area contributed by atoms with Gasteiger partial charge in [0.05, 0.1) is 27.8 Å². The molecular weight excluding hydrogens is 1080 g/mol. The molecule has 2 heterocycles. The van der Waals surface area contributed by atoms with Crippen molar-refractivity contribution in [2.75, 3.05) is 0 Å². The van der Waals surface area contributed by atoms with Crippen LogP contribution in [0, 0.1) is 12.9 Å². The quantitative estimate of drug-likeness (QED) is 0.162. The van der Waals surface area contributed by atoms with Crippen LogP contribution in [-0.2, 0) is 48.1 Å². The van der Waals surface area contributed by atoms with Gasteiger partial charge in [0.1, 0.15) is 11.6 Å². The van der Waals surface area contributed by atoms with E-state index in [1.165, 1.54) is 18.3 Å². The van der Waals surface area contributed by atoms with Crippen LogP contribution in [0.15, 0.2) is 152 Å². The Morgan fingerprint density at radius 1 is 0.514 bits per heavy atom. The molecule has 1 N–H and O–H groups in total. The third-order valence-corrected chi connectivity index (χ3v) is 13.6. The summed E-state index contributed by atoms with van der Waals surface area (Å²) in [7, 11) is 0. The second kappa shape index (κ2) is 19.7. The summed E-state index contributed by atoms with van der Waals surface area (Å²) >= 11 is 0. The van der Waals surface area contributed by atoms with Crippen molar-refractivity contribution in [3.8, 4) is 78.6 Å². The molecule has 2 aromatic heterocycles. The molecule has 0 aliphatic rings. The average molecular weight is 1170 g/mol. The van der Waals surface area contributed by atoms with E-state index in [1.54, 1.807) is 6.07 Å². The van der Waals surface area contributed by atoms with Crippen LogP contribution < -0.4 is 0 Å². The van der Waals surface area contributed by atoms with E-state index in [4.69, 9.17) is 29.2 Å². The van der Waals surface area contributed by atoms with Gasteiger partial charge in [-0.2, -0.15) is 0 Å². The molecule has 7 aromatic carbocycles. The Labute approximate surface area is 479 Å². The van der Waals surface area contributed by atoms with Gasteiger partial charge >= 0.3 is 0 Å². The Bertz CT molecular complexity index is 4160. The number of aryl methyl sites for hydroxylation is 1. The monoisotopic (exact) mass is 1170 g/mol. The molecule has 9 aromatic rings. The summed E-state index contributed by atoms with van der Waals surface area (Å²) in [6.07, 6.45) is 1.40. The predicted molar refractivity (Wildman–Crippen MR) is 310 cm³/mol. The molecule has 0 aliphatic heterocycles.